The van der Waals surface area contributed by atoms with E-state index in [-0.39, 0.29) is 17.7 Å². The maximum Gasteiger partial charge on any atom is 0.257 e. The zero-order chi connectivity index (χ0) is 16.8. The lowest BCUT2D eigenvalue weighted by Gasteiger charge is -2.18. The fourth-order valence-electron chi connectivity index (χ4n) is 2.80. The number of anilines is 1. The van der Waals surface area contributed by atoms with E-state index >= 15 is 0 Å². The van der Waals surface area contributed by atoms with E-state index in [1.807, 2.05) is 18.2 Å². The first kappa shape index (κ1) is 16.6. The summed E-state index contributed by atoms with van der Waals surface area (Å²) in [4.78, 5) is 18.2. The van der Waals surface area contributed by atoms with Gasteiger partial charge in [0.15, 0.2) is 17.5 Å². The van der Waals surface area contributed by atoms with E-state index in [2.05, 4.69) is 27.3 Å². The second-order valence-corrected chi connectivity index (χ2v) is 6.18. The van der Waals surface area contributed by atoms with Crippen LogP contribution in [0.15, 0.2) is 48.7 Å². The van der Waals surface area contributed by atoms with E-state index in [1.54, 1.807) is 18.3 Å². The van der Waals surface area contributed by atoms with E-state index in [0.29, 0.717) is 18.2 Å². The van der Waals surface area contributed by atoms with Crippen LogP contribution in [0, 0.1) is 5.92 Å². The summed E-state index contributed by atoms with van der Waals surface area (Å²) >= 11 is 5.89. The maximum atomic E-state index is 11.9. The number of hydrogen-bond donors (Lipinski definition) is 1. The molecule has 1 N–H and O–H groups in total. The summed E-state index contributed by atoms with van der Waals surface area (Å²) in [6.07, 6.45) is 2.65. The van der Waals surface area contributed by atoms with Crippen LogP contribution in [-0.2, 0) is 4.79 Å². The Morgan fingerprint density at radius 2 is 2.12 bits per heavy atom. The Morgan fingerprint density at radius 3 is 2.92 bits per heavy atom. The number of halogens is 1. The minimum Gasteiger partial charge on any atom is -0.481 e. The first-order chi connectivity index (χ1) is 11.7. The number of aromatic nitrogens is 1. The van der Waals surface area contributed by atoms with Gasteiger partial charge in [0.25, 0.3) is 5.91 Å². The number of nitrogens with zero attached hydrogens (tertiary/aromatic N) is 2. The van der Waals surface area contributed by atoms with Crippen molar-refractivity contribution in [1.82, 2.24) is 10.3 Å². The Hall–Kier alpha value is -2.27. The lowest BCUT2D eigenvalue weighted by atomic mass is 10.1. The highest BCUT2D eigenvalue weighted by atomic mass is 35.5. The molecule has 1 amide bonds. The molecule has 1 fully saturated rings. The Kier molecular flexibility index (Phi) is 5.54. The Labute approximate surface area is 146 Å². The van der Waals surface area contributed by atoms with Crippen LogP contribution in [0.3, 0.4) is 0 Å². The topological polar surface area (TPSA) is 54.5 Å². The molecule has 5 nitrogen and oxygen atoms in total. The van der Waals surface area contributed by atoms with Crippen molar-refractivity contribution in [1.29, 1.82) is 0 Å². The molecule has 1 aromatic heterocycles. The quantitative estimate of drug-likeness (QED) is 0.818. The fourth-order valence-corrected chi connectivity index (χ4v) is 2.98. The SMILES string of the molecule is O=C(COc1cccnc1Cl)NCC1CCN(c2ccccc2)C1. The van der Waals surface area contributed by atoms with Gasteiger partial charge in [0.2, 0.25) is 0 Å². The van der Waals surface area contributed by atoms with Gasteiger partial charge >= 0.3 is 0 Å². The number of hydrogen-bond acceptors (Lipinski definition) is 4. The number of amides is 1. The van der Waals surface area contributed by atoms with Crippen LogP contribution < -0.4 is 15.0 Å². The molecule has 1 saturated heterocycles. The molecule has 1 atom stereocenters. The number of rotatable bonds is 6. The van der Waals surface area contributed by atoms with E-state index < -0.39 is 0 Å². The number of pyridine rings is 1. The highest BCUT2D eigenvalue weighted by Gasteiger charge is 2.23. The lowest BCUT2D eigenvalue weighted by Crippen LogP contribution is -2.34. The standard InChI is InChI=1S/C18H20ClN3O2/c19-18-16(7-4-9-20-18)24-13-17(23)21-11-14-8-10-22(12-14)15-5-2-1-3-6-15/h1-7,9,14H,8,10-13H2,(H,21,23). The van der Waals surface area contributed by atoms with Gasteiger partial charge in [-0.25, -0.2) is 4.98 Å². The molecule has 126 valence electrons. The summed E-state index contributed by atoms with van der Waals surface area (Å²) < 4.78 is 5.39. The van der Waals surface area contributed by atoms with E-state index in [4.69, 9.17) is 16.3 Å². The van der Waals surface area contributed by atoms with Crippen LogP contribution in [0.1, 0.15) is 6.42 Å². The normalized spacial score (nSPS) is 16.9. The molecule has 1 aromatic carbocycles. The molecular formula is C18H20ClN3O2. The van der Waals surface area contributed by atoms with E-state index in [9.17, 15) is 4.79 Å². The summed E-state index contributed by atoms with van der Waals surface area (Å²) in [5.74, 6) is 0.731. The minimum atomic E-state index is -0.145. The van der Waals surface area contributed by atoms with Crippen molar-refractivity contribution >= 4 is 23.2 Å². The van der Waals surface area contributed by atoms with Gasteiger partial charge in [0, 0.05) is 31.5 Å². The van der Waals surface area contributed by atoms with Crippen molar-refractivity contribution in [3.05, 3.63) is 53.8 Å². The van der Waals surface area contributed by atoms with Crippen LogP contribution in [0.4, 0.5) is 5.69 Å². The van der Waals surface area contributed by atoms with Gasteiger partial charge in [-0.2, -0.15) is 0 Å². The molecule has 24 heavy (non-hydrogen) atoms. The third-order valence-electron chi connectivity index (χ3n) is 4.08. The monoisotopic (exact) mass is 345 g/mol. The van der Waals surface area contributed by atoms with Crippen LogP contribution in [0.25, 0.3) is 0 Å². The van der Waals surface area contributed by atoms with Crippen LogP contribution in [0.5, 0.6) is 5.75 Å². The van der Waals surface area contributed by atoms with Crippen molar-refractivity contribution in [2.24, 2.45) is 5.92 Å². The van der Waals surface area contributed by atoms with Crippen molar-refractivity contribution in [3.8, 4) is 5.75 Å². The van der Waals surface area contributed by atoms with Gasteiger partial charge < -0.3 is 15.0 Å². The van der Waals surface area contributed by atoms with Crippen molar-refractivity contribution < 1.29 is 9.53 Å². The molecule has 2 heterocycles. The number of ether oxygens (including phenoxy) is 1. The number of benzene rings is 1. The van der Waals surface area contributed by atoms with Crippen LogP contribution >= 0.6 is 11.6 Å². The number of para-hydroxylation sites is 1. The summed E-state index contributed by atoms with van der Waals surface area (Å²) in [5.41, 5.74) is 1.24. The molecule has 1 unspecified atom stereocenters. The van der Waals surface area contributed by atoms with Crippen LogP contribution in [-0.4, -0.2) is 37.1 Å². The van der Waals surface area contributed by atoms with Crippen LogP contribution in [0.2, 0.25) is 5.15 Å². The molecule has 0 spiro atoms. The largest absolute Gasteiger partial charge is 0.481 e. The molecule has 0 radical (unpaired) electrons. The highest BCUT2D eigenvalue weighted by molar-refractivity contribution is 6.30. The number of carbonyl (C=O) groups excluding carboxylic acids is 1. The highest BCUT2D eigenvalue weighted by Crippen LogP contribution is 2.23. The Balaban J connectivity index is 1.40. The molecule has 3 rings (SSSR count). The average Bonchev–Trinajstić information content (AvgIpc) is 3.09. The average molecular weight is 346 g/mol. The van der Waals surface area contributed by atoms with Gasteiger partial charge in [-0.3, -0.25) is 4.79 Å². The second-order valence-electron chi connectivity index (χ2n) is 5.82. The molecule has 6 heteroatoms. The smallest absolute Gasteiger partial charge is 0.257 e. The summed E-state index contributed by atoms with van der Waals surface area (Å²) in [6, 6.07) is 13.8. The Bertz CT molecular complexity index is 681. The third-order valence-corrected chi connectivity index (χ3v) is 4.36. The molecule has 2 aromatic rings. The van der Waals surface area contributed by atoms with E-state index in [1.165, 1.54) is 5.69 Å². The minimum absolute atomic E-state index is 0.0550. The van der Waals surface area contributed by atoms with Gasteiger partial charge in [0.05, 0.1) is 0 Å². The van der Waals surface area contributed by atoms with Crippen molar-refractivity contribution in [2.45, 2.75) is 6.42 Å². The van der Waals surface area contributed by atoms with Gasteiger partial charge in [-0.15, -0.1) is 0 Å². The van der Waals surface area contributed by atoms with Gasteiger partial charge in [-0.05, 0) is 36.6 Å². The first-order valence-corrected chi connectivity index (χ1v) is 8.40. The molecule has 0 aliphatic carbocycles. The third kappa shape index (κ3) is 4.38. The number of nitrogens with one attached hydrogen (secondary N) is 1. The molecule has 0 saturated carbocycles. The molecule has 1 aliphatic rings. The maximum absolute atomic E-state index is 11.9. The Morgan fingerprint density at radius 1 is 1.29 bits per heavy atom. The first-order valence-electron chi connectivity index (χ1n) is 8.02. The zero-order valence-corrected chi connectivity index (χ0v) is 14.1. The lowest BCUT2D eigenvalue weighted by molar-refractivity contribution is -0.123. The summed E-state index contributed by atoms with van der Waals surface area (Å²) in [6.45, 7) is 2.58. The number of carbonyl (C=O) groups is 1. The zero-order valence-electron chi connectivity index (χ0n) is 13.3. The fraction of sp³-hybridized carbons (Fsp3) is 0.333. The second kappa shape index (κ2) is 8.02. The van der Waals surface area contributed by atoms with Gasteiger partial charge in [-0.1, -0.05) is 29.8 Å². The van der Waals surface area contributed by atoms with Crippen molar-refractivity contribution in [2.75, 3.05) is 31.1 Å². The van der Waals surface area contributed by atoms with Crippen molar-refractivity contribution in [3.63, 3.8) is 0 Å². The van der Waals surface area contributed by atoms with Gasteiger partial charge in [0.1, 0.15) is 0 Å². The molecular weight excluding hydrogens is 326 g/mol. The molecule has 0 bridgehead atoms. The summed E-state index contributed by atoms with van der Waals surface area (Å²) in [5, 5.41) is 3.20. The summed E-state index contributed by atoms with van der Waals surface area (Å²) in [7, 11) is 0. The predicted molar refractivity (Wildman–Crippen MR) is 94.5 cm³/mol. The molecule has 1 aliphatic heterocycles. The van der Waals surface area contributed by atoms with E-state index in [0.717, 1.165) is 19.5 Å². The predicted octanol–water partition coefficient (Wildman–Crippen LogP) is 2.76.